The van der Waals surface area contributed by atoms with Crippen molar-refractivity contribution in [3.8, 4) is 5.75 Å². The lowest BCUT2D eigenvalue weighted by molar-refractivity contribution is -0.137. The molecule has 1 aromatic heterocycles. The minimum absolute atomic E-state index is 0.136. The molecular formula is C14H18N2O2. The first kappa shape index (κ1) is 11.5. The minimum Gasteiger partial charge on any atom is -0.488 e. The number of nitrogens with zero attached hydrogens (tertiary/aromatic N) is 2. The summed E-state index contributed by atoms with van der Waals surface area (Å²) in [5, 5.41) is 0. The Balaban J connectivity index is 1.53. The highest BCUT2D eigenvalue weighted by Gasteiger charge is 2.34. The second kappa shape index (κ2) is 4.96. The van der Waals surface area contributed by atoms with Gasteiger partial charge >= 0.3 is 0 Å². The summed E-state index contributed by atoms with van der Waals surface area (Å²) in [6, 6.07) is 3.72. The van der Waals surface area contributed by atoms with E-state index in [1.807, 2.05) is 17.0 Å². The zero-order valence-corrected chi connectivity index (χ0v) is 10.4. The number of carbonyl (C=O) groups is 1. The highest BCUT2D eigenvalue weighted by atomic mass is 16.5. The van der Waals surface area contributed by atoms with E-state index in [0.717, 1.165) is 38.1 Å². The van der Waals surface area contributed by atoms with Crippen molar-refractivity contribution in [1.82, 2.24) is 9.88 Å². The average molecular weight is 246 g/mol. The normalized spacial score (nSPS) is 23.8. The summed E-state index contributed by atoms with van der Waals surface area (Å²) >= 11 is 0. The third kappa shape index (κ3) is 2.33. The summed E-state index contributed by atoms with van der Waals surface area (Å²) in [4.78, 5) is 18.0. The molecule has 96 valence electrons. The minimum atomic E-state index is 0.136. The number of hydrogen-bond donors (Lipinski definition) is 0. The first-order valence-corrected chi connectivity index (χ1v) is 6.68. The highest BCUT2D eigenvalue weighted by molar-refractivity contribution is 5.79. The Morgan fingerprint density at radius 2 is 2.06 bits per heavy atom. The van der Waals surface area contributed by atoms with E-state index >= 15 is 0 Å². The molecule has 0 N–H and O–H groups in total. The van der Waals surface area contributed by atoms with Crippen molar-refractivity contribution in [1.29, 1.82) is 0 Å². The van der Waals surface area contributed by atoms with Crippen LogP contribution in [0.1, 0.15) is 25.7 Å². The molecule has 1 atom stereocenters. The van der Waals surface area contributed by atoms with Crippen molar-refractivity contribution < 1.29 is 9.53 Å². The van der Waals surface area contributed by atoms with Crippen LogP contribution in [-0.4, -0.2) is 35.0 Å². The van der Waals surface area contributed by atoms with E-state index < -0.39 is 0 Å². The van der Waals surface area contributed by atoms with Gasteiger partial charge in [-0.05, 0) is 25.0 Å². The van der Waals surface area contributed by atoms with Gasteiger partial charge in [0.2, 0.25) is 5.91 Å². The molecule has 1 saturated heterocycles. The third-order valence-electron chi connectivity index (χ3n) is 3.86. The molecule has 2 fully saturated rings. The Morgan fingerprint density at radius 1 is 1.28 bits per heavy atom. The third-order valence-corrected chi connectivity index (χ3v) is 3.86. The monoisotopic (exact) mass is 246 g/mol. The molecule has 3 rings (SSSR count). The van der Waals surface area contributed by atoms with Crippen LogP contribution in [0.5, 0.6) is 5.75 Å². The molecule has 0 unspecified atom stereocenters. The zero-order valence-electron chi connectivity index (χ0n) is 10.4. The van der Waals surface area contributed by atoms with Crippen LogP contribution < -0.4 is 4.74 Å². The lowest BCUT2D eigenvalue weighted by Crippen LogP contribution is -2.38. The summed E-state index contributed by atoms with van der Waals surface area (Å²) in [6.45, 7) is 1.57. The smallest absolute Gasteiger partial charge is 0.225 e. The second-order valence-electron chi connectivity index (χ2n) is 5.12. The van der Waals surface area contributed by atoms with Gasteiger partial charge in [-0.3, -0.25) is 9.78 Å². The molecule has 4 nitrogen and oxygen atoms in total. The van der Waals surface area contributed by atoms with Crippen molar-refractivity contribution >= 4 is 5.91 Å². The van der Waals surface area contributed by atoms with Gasteiger partial charge in [0.05, 0.1) is 6.54 Å². The lowest BCUT2D eigenvalue weighted by atomic mass is 9.84. The van der Waals surface area contributed by atoms with E-state index in [-0.39, 0.29) is 6.10 Å². The Bertz CT molecular complexity index is 417. The number of likely N-dealkylation sites (tertiary alicyclic amines) is 1. The van der Waals surface area contributed by atoms with Crippen LogP contribution in [0, 0.1) is 5.92 Å². The summed E-state index contributed by atoms with van der Waals surface area (Å²) in [5.74, 6) is 1.47. The van der Waals surface area contributed by atoms with Crippen LogP contribution in [0.4, 0.5) is 0 Å². The molecule has 0 bridgehead atoms. The number of pyridine rings is 1. The van der Waals surface area contributed by atoms with Gasteiger partial charge in [0.1, 0.15) is 11.9 Å². The maximum atomic E-state index is 12.1. The van der Waals surface area contributed by atoms with Gasteiger partial charge in [-0.1, -0.05) is 6.42 Å². The number of rotatable bonds is 3. The summed E-state index contributed by atoms with van der Waals surface area (Å²) in [7, 11) is 0. The highest BCUT2D eigenvalue weighted by Crippen LogP contribution is 2.30. The summed E-state index contributed by atoms with van der Waals surface area (Å²) in [6.07, 6.45) is 7.87. The van der Waals surface area contributed by atoms with Crippen LogP contribution in [0.15, 0.2) is 24.5 Å². The van der Waals surface area contributed by atoms with E-state index in [4.69, 9.17) is 4.74 Å². The lowest BCUT2D eigenvalue weighted by Gasteiger charge is -2.29. The fourth-order valence-corrected chi connectivity index (χ4v) is 2.55. The molecule has 1 amide bonds. The molecule has 4 heteroatoms. The largest absolute Gasteiger partial charge is 0.488 e. The van der Waals surface area contributed by atoms with Gasteiger partial charge in [-0.25, -0.2) is 0 Å². The van der Waals surface area contributed by atoms with Crippen molar-refractivity contribution in [2.75, 3.05) is 13.1 Å². The van der Waals surface area contributed by atoms with E-state index in [9.17, 15) is 4.79 Å². The molecule has 0 spiro atoms. The van der Waals surface area contributed by atoms with Crippen molar-refractivity contribution in [2.45, 2.75) is 31.8 Å². The Morgan fingerprint density at radius 3 is 2.72 bits per heavy atom. The molecule has 2 aliphatic rings. The van der Waals surface area contributed by atoms with Gasteiger partial charge in [-0.2, -0.15) is 0 Å². The van der Waals surface area contributed by atoms with Crippen LogP contribution in [-0.2, 0) is 4.79 Å². The molecule has 1 saturated carbocycles. The molecule has 2 heterocycles. The predicted molar refractivity (Wildman–Crippen MR) is 67.2 cm³/mol. The maximum absolute atomic E-state index is 12.1. The van der Waals surface area contributed by atoms with Gasteiger partial charge in [0.25, 0.3) is 0 Å². The standard InChI is InChI=1S/C14H18N2O2/c17-14(11-2-1-3-11)16-9-6-13(10-16)18-12-4-7-15-8-5-12/h4-5,7-8,11,13H,1-3,6,9-10H2/t13-/m0/s1. The number of carbonyl (C=O) groups excluding carboxylic acids is 1. The molecule has 1 aliphatic heterocycles. The average Bonchev–Trinajstić information content (AvgIpc) is 2.76. The number of aromatic nitrogens is 1. The van der Waals surface area contributed by atoms with Crippen molar-refractivity contribution in [2.24, 2.45) is 5.92 Å². The molecule has 1 aromatic rings. The fourth-order valence-electron chi connectivity index (χ4n) is 2.55. The van der Waals surface area contributed by atoms with Crippen LogP contribution in [0.2, 0.25) is 0 Å². The summed E-state index contributed by atoms with van der Waals surface area (Å²) < 4.78 is 5.85. The number of amides is 1. The second-order valence-corrected chi connectivity index (χ2v) is 5.12. The summed E-state index contributed by atoms with van der Waals surface area (Å²) in [5.41, 5.74) is 0. The van der Waals surface area contributed by atoms with E-state index in [2.05, 4.69) is 4.98 Å². The van der Waals surface area contributed by atoms with E-state index in [0.29, 0.717) is 11.8 Å². The Hall–Kier alpha value is -1.58. The molecular weight excluding hydrogens is 228 g/mol. The van der Waals surface area contributed by atoms with E-state index in [1.54, 1.807) is 12.4 Å². The van der Waals surface area contributed by atoms with Crippen molar-refractivity contribution in [3.05, 3.63) is 24.5 Å². The predicted octanol–water partition coefficient (Wildman–Crippen LogP) is 1.86. The van der Waals surface area contributed by atoms with Gasteiger partial charge in [0, 0.05) is 31.3 Å². The van der Waals surface area contributed by atoms with E-state index in [1.165, 1.54) is 6.42 Å². The first-order valence-electron chi connectivity index (χ1n) is 6.68. The molecule has 1 aliphatic carbocycles. The van der Waals surface area contributed by atoms with Crippen LogP contribution >= 0.6 is 0 Å². The van der Waals surface area contributed by atoms with Crippen LogP contribution in [0.3, 0.4) is 0 Å². The first-order chi connectivity index (χ1) is 8.83. The maximum Gasteiger partial charge on any atom is 0.225 e. The fraction of sp³-hybridized carbons (Fsp3) is 0.571. The molecule has 18 heavy (non-hydrogen) atoms. The quantitative estimate of drug-likeness (QED) is 0.817. The molecule has 0 aromatic carbocycles. The van der Waals surface area contributed by atoms with Gasteiger partial charge in [-0.15, -0.1) is 0 Å². The number of ether oxygens (including phenoxy) is 1. The van der Waals surface area contributed by atoms with Gasteiger partial charge in [0.15, 0.2) is 0 Å². The topological polar surface area (TPSA) is 42.4 Å². The van der Waals surface area contributed by atoms with Gasteiger partial charge < -0.3 is 9.64 Å². The number of hydrogen-bond acceptors (Lipinski definition) is 3. The van der Waals surface area contributed by atoms with Crippen molar-refractivity contribution in [3.63, 3.8) is 0 Å². The zero-order chi connectivity index (χ0) is 12.4. The molecule has 0 radical (unpaired) electrons. The SMILES string of the molecule is O=C(C1CCC1)N1CC[C@H](Oc2ccncc2)C1. The van der Waals surface area contributed by atoms with Crippen LogP contribution in [0.25, 0.3) is 0 Å². The Kier molecular flexibility index (Phi) is 3.17. The Labute approximate surface area is 107 Å².